The standard InChI is InChI=1S/C16H20O2/c1-10-8-16(2)13-7-11(10)9-17-15(13)12-5-3-4-6-14(12)18-16/h3-6,10-11,13,15H,7-9H2,1-2H3/t10-,11+,13+,15+,16-/m0/s1. The van der Waals surface area contributed by atoms with Crippen molar-refractivity contribution in [2.24, 2.45) is 17.8 Å². The Bertz CT molecular complexity index is 484. The van der Waals surface area contributed by atoms with E-state index in [1.54, 1.807) is 0 Å². The van der Waals surface area contributed by atoms with Crippen LogP contribution in [0.4, 0.5) is 0 Å². The second-order valence-corrected chi connectivity index (χ2v) is 6.49. The first-order valence-corrected chi connectivity index (χ1v) is 7.07. The van der Waals surface area contributed by atoms with Gasteiger partial charge in [0, 0.05) is 11.5 Å². The molecule has 0 aromatic heterocycles. The summed E-state index contributed by atoms with van der Waals surface area (Å²) in [6.07, 6.45) is 2.68. The van der Waals surface area contributed by atoms with Gasteiger partial charge < -0.3 is 9.47 Å². The van der Waals surface area contributed by atoms with Crippen LogP contribution in [0.5, 0.6) is 5.75 Å². The zero-order valence-electron chi connectivity index (χ0n) is 11.1. The fourth-order valence-corrected chi connectivity index (χ4v) is 4.27. The van der Waals surface area contributed by atoms with Crippen molar-refractivity contribution in [3.63, 3.8) is 0 Å². The van der Waals surface area contributed by atoms with Crippen molar-refractivity contribution >= 4 is 0 Å². The molecular formula is C16H20O2. The van der Waals surface area contributed by atoms with Gasteiger partial charge in [0.2, 0.25) is 0 Å². The van der Waals surface area contributed by atoms with E-state index < -0.39 is 0 Å². The van der Waals surface area contributed by atoms with Crippen LogP contribution in [0.3, 0.4) is 0 Å². The van der Waals surface area contributed by atoms with Gasteiger partial charge in [-0.15, -0.1) is 0 Å². The van der Waals surface area contributed by atoms with E-state index in [4.69, 9.17) is 9.47 Å². The van der Waals surface area contributed by atoms with Crippen LogP contribution in [0.15, 0.2) is 24.3 Å². The van der Waals surface area contributed by atoms with Crippen molar-refractivity contribution in [2.75, 3.05) is 6.61 Å². The van der Waals surface area contributed by atoms with Crippen LogP contribution in [0.1, 0.15) is 38.4 Å². The molecule has 2 nitrogen and oxygen atoms in total. The van der Waals surface area contributed by atoms with Gasteiger partial charge >= 0.3 is 0 Å². The summed E-state index contributed by atoms with van der Waals surface area (Å²) in [6.45, 7) is 5.55. The molecule has 1 aromatic rings. The van der Waals surface area contributed by atoms with Crippen molar-refractivity contribution < 1.29 is 9.47 Å². The fourth-order valence-electron chi connectivity index (χ4n) is 4.27. The summed E-state index contributed by atoms with van der Waals surface area (Å²) in [5.41, 5.74) is 1.23. The van der Waals surface area contributed by atoms with E-state index in [2.05, 4.69) is 38.1 Å². The third-order valence-electron chi connectivity index (χ3n) is 5.30. The molecule has 18 heavy (non-hydrogen) atoms. The van der Waals surface area contributed by atoms with Gasteiger partial charge in [-0.2, -0.15) is 0 Å². The first-order chi connectivity index (χ1) is 8.67. The number of rotatable bonds is 0. The Labute approximate surface area is 108 Å². The van der Waals surface area contributed by atoms with Gasteiger partial charge in [0.25, 0.3) is 0 Å². The lowest BCUT2D eigenvalue weighted by atomic mass is 9.62. The van der Waals surface area contributed by atoms with Crippen LogP contribution in [-0.4, -0.2) is 12.2 Å². The third kappa shape index (κ3) is 1.33. The highest BCUT2D eigenvalue weighted by Crippen LogP contribution is 2.56. The molecular weight excluding hydrogens is 224 g/mol. The van der Waals surface area contributed by atoms with Gasteiger partial charge in [-0.25, -0.2) is 0 Å². The molecule has 0 radical (unpaired) electrons. The molecule has 96 valence electrons. The van der Waals surface area contributed by atoms with E-state index in [0.717, 1.165) is 24.7 Å². The summed E-state index contributed by atoms with van der Waals surface area (Å²) in [5, 5.41) is 0. The summed E-state index contributed by atoms with van der Waals surface area (Å²) in [4.78, 5) is 0. The predicted octanol–water partition coefficient (Wildman–Crippen LogP) is 3.57. The summed E-state index contributed by atoms with van der Waals surface area (Å²) in [5.74, 6) is 3.00. The molecule has 0 amide bonds. The first-order valence-electron chi connectivity index (χ1n) is 7.07. The first kappa shape index (κ1) is 10.9. The maximum Gasteiger partial charge on any atom is 0.125 e. The topological polar surface area (TPSA) is 18.5 Å². The minimum atomic E-state index is -0.0324. The van der Waals surface area contributed by atoms with Crippen LogP contribution in [0, 0.1) is 17.8 Å². The molecule has 4 rings (SSSR count). The molecule has 1 aromatic carbocycles. The Balaban J connectivity index is 1.83. The molecule has 2 aliphatic heterocycles. The quantitative estimate of drug-likeness (QED) is 0.694. The molecule has 2 bridgehead atoms. The maximum absolute atomic E-state index is 6.37. The molecule has 3 aliphatic rings. The zero-order valence-corrected chi connectivity index (χ0v) is 11.1. The van der Waals surface area contributed by atoms with Crippen molar-refractivity contribution in [1.82, 2.24) is 0 Å². The second-order valence-electron chi connectivity index (χ2n) is 6.49. The molecule has 1 saturated heterocycles. The van der Waals surface area contributed by atoms with Crippen LogP contribution in [0.2, 0.25) is 0 Å². The number of para-hydroxylation sites is 1. The monoisotopic (exact) mass is 244 g/mol. The Morgan fingerprint density at radius 3 is 3.00 bits per heavy atom. The highest BCUT2D eigenvalue weighted by atomic mass is 16.5. The van der Waals surface area contributed by atoms with Crippen LogP contribution >= 0.6 is 0 Å². The number of benzene rings is 1. The number of fused-ring (bicyclic) bond motifs is 3. The molecule has 1 aliphatic carbocycles. The maximum atomic E-state index is 6.37. The van der Waals surface area contributed by atoms with Gasteiger partial charge in [0.15, 0.2) is 0 Å². The molecule has 1 saturated carbocycles. The van der Waals surface area contributed by atoms with Gasteiger partial charge in [-0.05, 0) is 37.7 Å². The highest BCUT2D eigenvalue weighted by Gasteiger charge is 2.54. The molecule has 0 N–H and O–H groups in total. The number of ether oxygens (including phenoxy) is 2. The van der Waals surface area contributed by atoms with Crippen LogP contribution < -0.4 is 4.74 Å². The van der Waals surface area contributed by atoms with E-state index in [0.29, 0.717) is 11.8 Å². The Morgan fingerprint density at radius 1 is 1.28 bits per heavy atom. The average Bonchev–Trinajstić information content (AvgIpc) is 2.37. The largest absolute Gasteiger partial charge is 0.487 e. The molecule has 2 heterocycles. The second kappa shape index (κ2) is 3.51. The minimum Gasteiger partial charge on any atom is -0.487 e. The van der Waals surface area contributed by atoms with Crippen molar-refractivity contribution in [2.45, 2.75) is 38.4 Å². The SMILES string of the molecule is C[C@H]1C[C@]2(C)Oc3ccccc3[C@H]3OC[C@H]1C[C@H]32. The molecule has 0 unspecified atom stereocenters. The Kier molecular flexibility index (Phi) is 2.12. The zero-order chi connectivity index (χ0) is 12.3. The normalized spacial score (nSPS) is 45.0. The lowest BCUT2D eigenvalue weighted by Crippen LogP contribution is -2.56. The predicted molar refractivity (Wildman–Crippen MR) is 69.5 cm³/mol. The number of hydrogen-bond donors (Lipinski definition) is 0. The van der Waals surface area contributed by atoms with E-state index in [-0.39, 0.29) is 11.7 Å². The summed E-state index contributed by atoms with van der Waals surface area (Å²) < 4.78 is 12.6. The van der Waals surface area contributed by atoms with Crippen molar-refractivity contribution in [3.05, 3.63) is 29.8 Å². The highest BCUT2D eigenvalue weighted by molar-refractivity contribution is 5.39. The van der Waals surface area contributed by atoms with Gasteiger partial charge in [0.1, 0.15) is 11.4 Å². The summed E-state index contributed by atoms with van der Waals surface area (Å²) in [7, 11) is 0. The van der Waals surface area contributed by atoms with Gasteiger partial charge in [0.05, 0.1) is 12.7 Å². The van der Waals surface area contributed by atoms with Crippen LogP contribution in [0.25, 0.3) is 0 Å². The molecule has 2 heteroatoms. The minimum absolute atomic E-state index is 0.0324. The lowest BCUT2D eigenvalue weighted by Gasteiger charge is -2.55. The van der Waals surface area contributed by atoms with E-state index in [1.807, 2.05) is 0 Å². The van der Waals surface area contributed by atoms with Crippen LogP contribution in [-0.2, 0) is 4.74 Å². The van der Waals surface area contributed by atoms with E-state index in [1.165, 1.54) is 12.0 Å². The summed E-state index contributed by atoms with van der Waals surface area (Å²) >= 11 is 0. The van der Waals surface area contributed by atoms with E-state index in [9.17, 15) is 0 Å². The molecule has 0 spiro atoms. The van der Waals surface area contributed by atoms with Gasteiger partial charge in [-0.3, -0.25) is 0 Å². The Hall–Kier alpha value is -1.02. The van der Waals surface area contributed by atoms with Gasteiger partial charge in [-0.1, -0.05) is 25.1 Å². The Morgan fingerprint density at radius 2 is 2.11 bits per heavy atom. The van der Waals surface area contributed by atoms with E-state index >= 15 is 0 Å². The summed E-state index contributed by atoms with van der Waals surface area (Å²) in [6, 6.07) is 8.40. The third-order valence-corrected chi connectivity index (χ3v) is 5.30. The number of hydrogen-bond acceptors (Lipinski definition) is 2. The average molecular weight is 244 g/mol. The smallest absolute Gasteiger partial charge is 0.125 e. The lowest BCUT2D eigenvalue weighted by molar-refractivity contribution is -0.184. The van der Waals surface area contributed by atoms with Crippen molar-refractivity contribution in [3.8, 4) is 5.75 Å². The van der Waals surface area contributed by atoms with Crippen molar-refractivity contribution in [1.29, 1.82) is 0 Å². The fraction of sp³-hybridized carbons (Fsp3) is 0.625. The molecule has 2 fully saturated rings. The molecule has 5 atom stereocenters.